The average molecular weight is 585 g/mol. The molecule has 3 aliphatic rings. The molecule has 0 spiro atoms. The van der Waals surface area contributed by atoms with E-state index in [-0.39, 0.29) is 37.0 Å². The predicted molar refractivity (Wildman–Crippen MR) is 159 cm³/mol. The first-order valence-corrected chi connectivity index (χ1v) is 14.4. The van der Waals surface area contributed by atoms with Gasteiger partial charge in [0, 0.05) is 44.2 Å². The van der Waals surface area contributed by atoms with Gasteiger partial charge >= 0.3 is 0 Å². The summed E-state index contributed by atoms with van der Waals surface area (Å²) in [4.78, 5) is 28.1. The molecule has 0 radical (unpaired) electrons. The Morgan fingerprint density at radius 1 is 1.00 bits per heavy atom. The lowest BCUT2D eigenvalue weighted by atomic mass is 10.00. The highest BCUT2D eigenvalue weighted by Crippen LogP contribution is 2.30. The van der Waals surface area contributed by atoms with E-state index in [2.05, 4.69) is 21.6 Å². The number of hydrogen-bond acceptors (Lipinski definition) is 8. The lowest BCUT2D eigenvalue weighted by Crippen LogP contribution is -2.57. The molecule has 1 fully saturated rings. The van der Waals surface area contributed by atoms with Gasteiger partial charge in [-0.3, -0.25) is 14.5 Å². The summed E-state index contributed by atoms with van der Waals surface area (Å²) in [5, 5.41) is 15.7. The number of likely N-dealkylation sites (tertiary alicyclic amines) is 1. The van der Waals surface area contributed by atoms with E-state index in [4.69, 9.17) is 18.9 Å². The topological polar surface area (TPSA) is 122 Å². The van der Waals surface area contributed by atoms with Crippen LogP contribution in [0.4, 0.5) is 0 Å². The zero-order valence-electron chi connectivity index (χ0n) is 24.4. The molecule has 3 aromatic rings. The Morgan fingerprint density at radius 3 is 2.65 bits per heavy atom. The van der Waals surface area contributed by atoms with Gasteiger partial charge in [-0.2, -0.15) is 5.26 Å². The van der Waals surface area contributed by atoms with Crippen LogP contribution in [0.25, 0.3) is 0 Å². The van der Waals surface area contributed by atoms with Gasteiger partial charge in [0.05, 0.1) is 31.9 Å². The summed E-state index contributed by atoms with van der Waals surface area (Å²) in [5.41, 5.74) is 3.30. The first-order chi connectivity index (χ1) is 20.9. The summed E-state index contributed by atoms with van der Waals surface area (Å²) in [7, 11) is 3.13. The highest BCUT2D eigenvalue weighted by molar-refractivity contribution is 5.78. The minimum absolute atomic E-state index is 0.0926. The second kappa shape index (κ2) is 13.9. The molecule has 0 unspecified atom stereocenters. The number of aryl methyl sites for hydroxylation is 1. The summed E-state index contributed by atoms with van der Waals surface area (Å²) in [6.45, 7) is 1.93. The fraction of sp³-hybridized carbons (Fsp3) is 0.364. The number of amides is 2. The molecule has 224 valence electrons. The number of carbonyl (C=O) groups is 2. The van der Waals surface area contributed by atoms with Crippen molar-refractivity contribution < 1.29 is 28.5 Å². The van der Waals surface area contributed by atoms with Crippen molar-refractivity contribution in [1.82, 2.24) is 15.5 Å². The second-order valence-corrected chi connectivity index (χ2v) is 10.6. The molecule has 0 aromatic heterocycles. The van der Waals surface area contributed by atoms with Crippen LogP contribution in [-0.2, 0) is 29.1 Å². The van der Waals surface area contributed by atoms with Crippen LogP contribution in [-0.4, -0.2) is 62.8 Å². The largest absolute Gasteiger partial charge is 0.496 e. The maximum Gasteiger partial charge on any atom is 0.258 e. The van der Waals surface area contributed by atoms with Crippen LogP contribution in [0.15, 0.2) is 60.7 Å². The molecule has 4 bridgehead atoms. The van der Waals surface area contributed by atoms with E-state index in [1.807, 2.05) is 48.5 Å². The molecule has 10 heteroatoms. The molecule has 3 aliphatic heterocycles. The van der Waals surface area contributed by atoms with Crippen molar-refractivity contribution in [1.29, 1.82) is 5.26 Å². The summed E-state index contributed by atoms with van der Waals surface area (Å²) < 4.78 is 23.4. The van der Waals surface area contributed by atoms with Gasteiger partial charge in [0.25, 0.3) is 5.91 Å². The van der Waals surface area contributed by atoms with Gasteiger partial charge in [0.15, 0.2) is 18.1 Å². The van der Waals surface area contributed by atoms with Crippen LogP contribution in [0, 0.1) is 11.3 Å². The standard InChI is InChI=1S/C33H36N4O6/c1-40-29-11-7-22-8-12-32(38)35-18-24-9-10-26(16-30(24)41-2)43-28-13-14-37(19-25-6-4-3-5-23(25)17-34)20-27(28)36-33(39)21-42-31(29)15-22/h3-7,9-11,15-16,27-28H,8,12-14,18-21H2,1-2H3,(H,35,38)(H,36,39)/t27-,28+/m1/s1. The second-order valence-electron chi connectivity index (χ2n) is 10.6. The Bertz CT molecular complexity index is 1500. The number of hydrogen-bond donors (Lipinski definition) is 2. The summed E-state index contributed by atoms with van der Waals surface area (Å²) in [6.07, 6.45) is 1.11. The highest BCUT2D eigenvalue weighted by Gasteiger charge is 2.33. The molecule has 1 saturated heterocycles. The number of rotatable bonds is 4. The maximum absolute atomic E-state index is 13.2. The molecule has 43 heavy (non-hydrogen) atoms. The molecule has 10 nitrogen and oxygen atoms in total. The average Bonchev–Trinajstić information content (AvgIpc) is 3.03. The van der Waals surface area contributed by atoms with Gasteiger partial charge < -0.3 is 29.6 Å². The molecule has 0 saturated carbocycles. The van der Waals surface area contributed by atoms with Crippen molar-refractivity contribution >= 4 is 11.8 Å². The summed E-state index contributed by atoms with van der Waals surface area (Å²) in [6, 6.07) is 20.5. The normalized spacial score (nSPS) is 19.6. The Morgan fingerprint density at radius 2 is 1.84 bits per heavy atom. The number of methoxy groups -OCH3 is 2. The van der Waals surface area contributed by atoms with Crippen LogP contribution in [0.1, 0.15) is 35.1 Å². The first-order valence-electron chi connectivity index (χ1n) is 14.4. The smallest absolute Gasteiger partial charge is 0.258 e. The van der Waals surface area contributed by atoms with E-state index in [1.165, 1.54) is 0 Å². The van der Waals surface area contributed by atoms with Gasteiger partial charge in [-0.1, -0.05) is 24.3 Å². The van der Waals surface area contributed by atoms with E-state index in [1.54, 1.807) is 26.4 Å². The number of fused-ring (bicyclic) bond motifs is 9. The van der Waals surface area contributed by atoms with Crippen molar-refractivity contribution in [2.24, 2.45) is 0 Å². The Balaban J connectivity index is 1.41. The Labute approximate surface area is 251 Å². The SMILES string of the molecule is COc1cc2ccc1CNC(=O)CCc1ccc(OC)c(c1)OCC(=O)N[C@@H]1CN(Cc3ccccc3C#N)CC[C@@H]1O2. The third-order valence-electron chi connectivity index (χ3n) is 7.76. The molecule has 2 amide bonds. The minimum atomic E-state index is -0.348. The van der Waals surface area contributed by atoms with Crippen LogP contribution in [0.2, 0.25) is 0 Å². The first kappa shape index (κ1) is 29.7. The van der Waals surface area contributed by atoms with Gasteiger partial charge in [0.1, 0.15) is 17.6 Å². The predicted octanol–water partition coefficient (Wildman–Crippen LogP) is 3.35. The lowest BCUT2D eigenvalue weighted by molar-refractivity contribution is -0.125. The van der Waals surface area contributed by atoms with E-state index in [9.17, 15) is 14.9 Å². The summed E-state index contributed by atoms with van der Waals surface area (Å²) >= 11 is 0. The number of carbonyl (C=O) groups excluding carboxylic acids is 2. The van der Waals surface area contributed by atoms with Crippen molar-refractivity contribution in [3.8, 4) is 29.1 Å². The molecular formula is C33H36N4O6. The van der Waals surface area contributed by atoms with Crippen LogP contribution < -0.4 is 29.6 Å². The van der Waals surface area contributed by atoms with Gasteiger partial charge in [-0.25, -0.2) is 0 Å². The molecule has 2 atom stereocenters. The van der Waals surface area contributed by atoms with E-state index in [0.29, 0.717) is 61.0 Å². The lowest BCUT2D eigenvalue weighted by Gasteiger charge is -2.39. The zero-order chi connectivity index (χ0) is 30.2. The van der Waals surface area contributed by atoms with Crippen molar-refractivity contribution in [3.63, 3.8) is 0 Å². The zero-order valence-corrected chi connectivity index (χ0v) is 24.4. The fourth-order valence-electron chi connectivity index (χ4n) is 5.47. The van der Waals surface area contributed by atoms with Crippen LogP contribution >= 0.6 is 0 Å². The fourth-order valence-corrected chi connectivity index (χ4v) is 5.47. The number of nitrogens with one attached hydrogen (secondary N) is 2. The van der Waals surface area contributed by atoms with Crippen LogP contribution in [0.5, 0.6) is 23.0 Å². The van der Waals surface area contributed by atoms with Crippen molar-refractivity contribution in [3.05, 3.63) is 82.9 Å². The van der Waals surface area contributed by atoms with Crippen molar-refractivity contribution in [2.45, 2.75) is 44.5 Å². The molecule has 3 heterocycles. The molecule has 6 rings (SSSR count). The van der Waals surface area contributed by atoms with Gasteiger partial charge in [-0.15, -0.1) is 0 Å². The van der Waals surface area contributed by atoms with Crippen LogP contribution in [0.3, 0.4) is 0 Å². The third-order valence-corrected chi connectivity index (χ3v) is 7.76. The number of nitriles is 1. The number of nitrogens with zero attached hydrogens (tertiary/aromatic N) is 2. The molecular weight excluding hydrogens is 548 g/mol. The summed E-state index contributed by atoms with van der Waals surface area (Å²) in [5.74, 6) is 1.76. The Kier molecular flexibility index (Phi) is 9.64. The molecule has 0 aliphatic carbocycles. The highest BCUT2D eigenvalue weighted by atomic mass is 16.5. The van der Waals surface area contributed by atoms with E-state index >= 15 is 0 Å². The third kappa shape index (κ3) is 7.56. The number of piperidine rings is 1. The van der Waals surface area contributed by atoms with Crippen molar-refractivity contribution in [2.75, 3.05) is 33.9 Å². The number of benzene rings is 3. The minimum Gasteiger partial charge on any atom is -0.496 e. The maximum atomic E-state index is 13.2. The van der Waals surface area contributed by atoms with Gasteiger partial charge in [-0.05, 0) is 54.3 Å². The van der Waals surface area contributed by atoms with E-state index in [0.717, 1.165) is 23.2 Å². The Hall–Kier alpha value is -4.75. The van der Waals surface area contributed by atoms with E-state index < -0.39 is 0 Å². The molecule has 2 N–H and O–H groups in total. The molecule has 3 aromatic carbocycles. The number of ether oxygens (including phenoxy) is 4. The monoisotopic (exact) mass is 584 g/mol. The quantitative estimate of drug-likeness (QED) is 0.479. The van der Waals surface area contributed by atoms with Gasteiger partial charge in [0.2, 0.25) is 5.91 Å².